The number of ether oxygens (including phenoxy) is 12. The van der Waals surface area contributed by atoms with Gasteiger partial charge in [-0.05, 0) is 117 Å². The van der Waals surface area contributed by atoms with Crippen molar-refractivity contribution in [1.82, 2.24) is 0 Å². The van der Waals surface area contributed by atoms with E-state index in [2.05, 4.69) is 63.2 Å². The Morgan fingerprint density at radius 3 is 1.33 bits per heavy atom. The SMILES string of the molecule is C.CCCC(O)C(CCCCCCCCC[C@@H]1c2ccc(OCOC)cc2OC[C@]1(C)c1ccc(OCOC)cc1)C(=O)OCC.CCCC=C(CCCCCCCCC[C@@H]1c2ccc(OCOC)cc2OC[C@]1(C)c1ccc(OCOC)cc1)C(=O)OCC. The van der Waals surface area contributed by atoms with Crippen LogP contribution in [0.15, 0.2) is 96.6 Å². The van der Waals surface area contributed by atoms with Crippen LogP contribution in [0.2, 0.25) is 0 Å². The molecule has 504 valence electrons. The molecule has 0 radical (unpaired) electrons. The summed E-state index contributed by atoms with van der Waals surface area (Å²) in [4.78, 5) is 24.6. The summed E-state index contributed by atoms with van der Waals surface area (Å²) < 4.78 is 66.1. The molecular formula is C75H114O15. The highest BCUT2D eigenvalue weighted by atomic mass is 16.7. The van der Waals surface area contributed by atoms with Gasteiger partial charge in [-0.2, -0.15) is 0 Å². The molecule has 4 aromatic rings. The number of carbonyl (C=O) groups excluding carboxylic acids is 2. The third kappa shape index (κ3) is 24.3. The smallest absolute Gasteiger partial charge is 0.333 e. The van der Waals surface area contributed by atoms with E-state index in [-0.39, 0.29) is 63.3 Å². The second-order valence-corrected chi connectivity index (χ2v) is 24.2. The molecular weight excluding hydrogens is 1140 g/mol. The van der Waals surface area contributed by atoms with Crippen molar-refractivity contribution in [2.24, 2.45) is 5.92 Å². The van der Waals surface area contributed by atoms with Crippen molar-refractivity contribution in [3.05, 3.63) is 119 Å². The molecule has 0 saturated heterocycles. The number of fused-ring (bicyclic) bond motifs is 2. The van der Waals surface area contributed by atoms with Gasteiger partial charge in [0.1, 0.15) is 34.5 Å². The Kier molecular flexibility index (Phi) is 36.7. The molecule has 6 rings (SSSR count). The Bertz CT molecular complexity index is 2620. The van der Waals surface area contributed by atoms with Gasteiger partial charge in [0.25, 0.3) is 0 Å². The van der Waals surface area contributed by atoms with Crippen LogP contribution in [0, 0.1) is 5.92 Å². The molecule has 4 aromatic carbocycles. The second-order valence-electron chi connectivity index (χ2n) is 24.2. The number of allylic oxidation sites excluding steroid dienone is 1. The van der Waals surface area contributed by atoms with Crippen molar-refractivity contribution in [2.45, 2.75) is 219 Å². The van der Waals surface area contributed by atoms with Gasteiger partial charge < -0.3 is 61.9 Å². The van der Waals surface area contributed by atoms with Crippen molar-refractivity contribution in [1.29, 1.82) is 0 Å². The molecule has 2 heterocycles. The molecule has 90 heavy (non-hydrogen) atoms. The Labute approximate surface area is 541 Å². The lowest BCUT2D eigenvalue weighted by atomic mass is 9.66. The third-order valence-corrected chi connectivity index (χ3v) is 17.5. The van der Waals surface area contributed by atoms with Crippen molar-refractivity contribution in [2.75, 3.05) is 82.0 Å². The van der Waals surface area contributed by atoms with Crippen LogP contribution in [0.3, 0.4) is 0 Å². The predicted octanol–water partition coefficient (Wildman–Crippen LogP) is 17.5. The molecule has 0 saturated carbocycles. The maximum Gasteiger partial charge on any atom is 0.333 e. The zero-order valence-electron chi connectivity index (χ0n) is 55.8. The van der Waals surface area contributed by atoms with Gasteiger partial charge in [0.15, 0.2) is 27.2 Å². The molecule has 15 nitrogen and oxygen atoms in total. The summed E-state index contributed by atoms with van der Waals surface area (Å²) in [6.07, 6.45) is 24.6. The van der Waals surface area contributed by atoms with Crippen LogP contribution in [-0.4, -0.2) is 105 Å². The molecule has 0 aromatic heterocycles. The third-order valence-electron chi connectivity index (χ3n) is 17.5. The van der Waals surface area contributed by atoms with Crippen LogP contribution >= 0.6 is 0 Å². The number of carbonyl (C=O) groups is 2. The number of benzene rings is 4. The highest BCUT2D eigenvalue weighted by Gasteiger charge is 2.44. The Hall–Kier alpha value is -5.84. The number of aliphatic hydroxyl groups is 1. The molecule has 2 unspecified atom stereocenters. The fourth-order valence-electron chi connectivity index (χ4n) is 12.5. The van der Waals surface area contributed by atoms with E-state index in [9.17, 15) is 14.7 Å². The Balaban J connectivity index is 0.000000380. The Morgan fingerprint density at radius 2 is 0.922 bits per heavy atom. The topological polar surface area (TPSA) is 165 Å². The van der Waals surface area contributed by atoms with Crippen LogP contribution in [0.1, 0.15) is 224 Å². The molecule has 0 spiro atoms. The maximum atomic E-state index is 12.3. The molecule has 2 aliphatic heterocycles. The van der Waals surface area contributed by atoms with Gasteiger partial charge in [0.2, 0.25) is 0 Å². The van der Waals surface area contributed by atoms with Crippen molar-refractivity contribution in [3.8, 4) is 34.5 Å². The maximum absolute atomic E-state index is 12.3. The molecule has 1 N–H and O–H groups in total. The molecule has 2 aliphatic rings. The summed E-state index contributed by atoms with van der Waals surface area (Å²) in [5.74, 6) is 4.65. The minimum atomic E-state index is -0.610. The molecule has 0 fully saturated rings. The van der Waals surface area contributed by atoms with Gasteiger partial charge >= 0.3 is 11.9 Å². The van der Waals surface area contributed by atoms with E-state index in [4.69, 9.17) is 56.8 Å². The van der Waals surface area contributed by atoms with Gasteiger partial charge in [0, 0.05) is 68.8 Å². The normalized spacial score (nSPS) is 18.2. The monoisotopic (exact) mass is 1250 g/mol. The predicted molar refractivity (Wildman–Crippen MR) is 357 cm³/mol. The Morgan fingerprint density at radius 1 is 0.522 bits per heavy atom. The fraction of sp³-hybridized carbons (Fsp3) is 0.627. The largest absolute Gasteiger partial charge is 0.492 e. The quantitative estimate of drug-likeness (QED) is 0.0192. The van der Waals surface area contributed by atoms with E-state index in [1.54, 1.807) is 28.4 Å². The lowest BCUT2D eigenvalue weighted by Gasteiger charge is -2.43. The average Bonchev–Trinajstić information content (AvgIpc) is 0.809. The molecule has 0 amide bonds. The number of unbranched alkanes of at least 4 members (excludes halogenated alkanes) is 13. The van der Waals surface area contributed by atoms with Crippen LogP contribution in [0.25, 0.3) is 0 Å². The first kappa shape index (κ1) is 76.6. The van der Waals surface area contributed by atoms with E-state index >= 15 is 0 Å². The lowest BCUT2D eigenvalue weighted by Crippen LogP contribution is -2.40. The molecule has 0 aliphatic carbocycles. The van der Waals surface area contributed by atoms with Crippen LogP contribution in [0.4, 0.5) is 0 Å². The summed E-state index contributed by atoms with van der Waals surface area (Å²) in [5, 5.41) is 10.4. The van der Waals surface area contributed by atoms with Gasteiger partial charge in [0.05, 0.1) is 38.4 Å². The van der Waals surface area contributed by atoms with Crippen molar-refractivity contribution < 1.29 is 71.5 Å². The van der Waals surface area contributed by atoms with Gasteiger partial charge in [-0.1, -0.05) is 174 Å². The second kappa shape index (κ2) is 43.1. The highest BCUT2D eigenvalue weighted by molar-refractivity contribution is 5.88. The van der Waals surface area contributed by atoms with E-state index in [1.807, 2.05) is 69.3 Å². The van der Waals surface area contributed by atoms with E-state index in [1.165, 1.54) is 67.2 Å². The summed E-state index contributed by atoms with van der Waals surface area (Å²) in [5.41, 5.74) is 5.40. The van der Waals surface area contributed by atoms with Crippen LogP contribution < -0.4 is 28.4 Å². The van der Waals surface area contributed by atoms with Gasteiger partial charge in [-0.25, -0.2) is 4.79 Å². The summed E-state index contributed by atoms with van der Waals surface area (Å²) in [6, 6.07) is 29.0. The zero-order chi connectivity index (χ0) is 64.1. The minimum Gasteiger partial charge on any atom is -0.492 e. The standard InChI is InChI=1S/C37H56O8.C37H54O7.CH4/c1-6-15-34(38)32(36(39)42-7-2)16-13-11-9-8-10-12-14-17-33-31-23-22-30(45-27-41-5)24-35(31)43-25-37(33,3)28-18-20-29(21-19-28)44-26-40-4;1-6-8-16-29(36(38)41-7-2)17-14-12-10-9-11-13-15-18-34-33-24-23-32(44-28-40-5)25-35(33)42-26-37(34,3)30-19-21-31(22-20-30)43-27-39-4;/h18-24,32-34,38H,6-17,25-27H2,1-5H3;16,19-25,34H,6-15,17-18,26-28H2,1-5H3;1H4/t32?,33-,34?,37-;34-,37-;/m11./s1. The van der Waals surface area contributed by atoms with E-state index in [0.717, 1.165) is 124 Å². The van der Waals surface area contributed by atoms with Gasteiger partial charge in [-0.3, -0.25) is 4.79 Å². The molecule has 6 atom stereocenters. The number of hydrogen-bond acceptors (Lipinski definition) is 15. The average molecular weight is 1260 g/mol. The number of aliphatic hydroxyl groups excluding tert-OH is 1. The lowest BCUT2D eigenvalue weighted by molar-refractivity contribution is -0.152. The number of methoxy groups -OCH3 is 4. The highest BCUT2D eigenvalue weighted by Crippen LogP contribution is 2.52. The first-order valence-corrected chi connectivity index (χ1v) is 33.3. The summed E-state index contributed by atoms with van der Waals surface area (Å²) >= 11 is 0. The molecule has 15 heteroatoms. The van der Waals surface area contributed by atoms with E-state index in [0.29, 0.717) is 45.2 Å². The molecule has 0 bridgehead atoms. The minimum absolute atomic E-state index is 0. The van der Waals surface area contributed by atoms with Crippen LogP contribution in [-0.2, 0) is 48.8 Å². The number of hydrogen-bond donors (Lipinski definition) is 1. The number of rotatable bonds is 43. The van der Waals surface area contributed by atoms with Gasteiger partial charge in [-0.15, -0.1) is 0 Å². The van der Waals surface area contributed by atoms with Crippen molar-refractivity contribution >= 4 is 11.9 Å². The van der Waals surface area contributed by atoms with E-state index < -0.39 is 12.0 Å². The first-order valence-electron chi connectivity index (χ1n) is 33.3. The number of esters is 2. The van der Waals surface area contributed by atoms with Crippen molar-refractivity contribution in [3.63, 3.8) is 0 Å². The summed E-state index contributed by atoms with van der Waals surface area (Å²) in [6.45, 7) is 15.3. The zero-order valence-corrected chi connectivity index (χ0v) is 55.8. The first-order chi connectivity index (χ1) is 43.3. The summed E-state index contributed by atoms with van der Waals surface area (Å²) in [7, 11) is 6.48. The van der Waals surface area contributed by atoms with Crippen LogP contribution in [0.5, 0.6) is 34.5 Å². The fourth-order valence-corrected chi connectivity index (χ4v) is 12.5.